The molecule has 0 aliphatic rings. The molecule has 146 valence electrons. The standard InChI is InChI=1S/C22H20FN5O/c23-17-7-5-15(6-8-17)13-22(29)26-21-10-9-20(27-28-21)24-12-11-16-14-25-19-4-2-1-3-18(16)19/h1-10,14,25H,11-13H2,(H,24,27)(H,26,28,29). The third-order valence-electron chi connectivity index (χ3n) is 4.59. The first-order valence-electron chi connectivity index (χ1n) is 9.34. The van der Waals surface area contributed by atoms with Crippen molar-refractivity contribution in [1.29, 1.82) is 0 Å². The number of aromatic amines is 1. The molecule has 7 heteroatoms. The van der Waals surface area contributed by atoms with E-state index in [1.54, 1.807) is 24.3 Å². The number of fused-ring (bicyclic) bond motifs is 1. The summed E-state index contributed by atoms with van der Waals surface area (Å²) in [5, 5.41) is 15.3. The van der Waals surface area contributed by atoms with Crippen LogP contribution in [-0.4, -0.2) is 27.6 Å². The zero-order valence-corrected chi connectivity index (χ0v) is 15.7. The van der Waals surface area contributed by atoms with Crippen LogP contribution in [0.3, 0.4) is 0 Å². The molecule has 3 N–H and O–H groups in total. The monoisotopic (exact) mass is 389 g/mol. The molecule has 6 nitrogen and oxygen atoms in total. The summed E-state index contributed by atoms with van der Waals surface area (Å²) in [6, 6.07) is 17.5. The first kappa shape index (κ1) is 18.6. The van der Waals surface area contributed by atoms with E-state index in [0.717, 1.165) is 17.5 Å². The molecule has 2 heterocycles. The van der Waals surface area contributed by atoms with E-state index < -0.39 is 0 Å². The van der Waals surface area contributed by atoms with Gasteiger partial charge in [-0.15, -0.1) is 10.2 Å². The Morgan fingerprint density at radius 1 is 0.966 bits per heavy atom. The lowest BCUT2D eigenvalue weighted by atomic mass is 10.1. The highest BCUT2D eigenvalue weighted by Crippen LogP contribution is 2.18. The lowest BCUT2D eigenvalue weighted by Crippen LogP contribution is -2.16. The second-order valence-corrected chi connectivity index (χ2v) is 6.69. The van der Waals surface area contributed by atoms with Gasteiger partial charge >= 0.3 is 0 Å². The number of para-hydroxylation sites is 1. The van der Waals surface area contributed by atoms with Gasteiger partial charge in [0.1, 0.15) is 11.6 Å². The van der Waals surface area contributed by atoms with Gasteiger partial charge in [-0.2, -0.15) is 0 Å². The summed E-state index contributed by atoms with van der Waals surface area (Å²) >= 11 is 0. The quantitative estimate of drug-likeness (QED) is 0.447. The molecule has 0 saturated heterocycles. The fourth-order valence-corrected chi connectivity index (χ4v) is 3.13. The Bertz CT molecular complexity index is 1110. The number of carbonyl (C=O) groups excluding carboxylic acids is 1. The van der Waals surface area contributed by atoms with Crippen molar-refractivity contribution in [3.8, 4) is 0 Å². The van der Waals surface area contributed by atoms with Crippen LogP contribution < -0.4 is 10.6 Å². The lowest BCUT2D eigenvalue weighted by molar-refractivity contribution is -0.115. The van der Waals surface area contributed by atoms with Gasteiger partial charge in [0.15, 0.2) is 5.82 Å². The SMILES string of the molecule is O=C(Cc1ccc(F)cc1)Nc1ccc(NCCc2c[nH]c3ccccc23)nn1. The van der Waals surface area contributed by atoms with Crippen molar-refractivity contribution in [3.05, 3.63) is 83.8 Å². The van der Waals surface area contributed by atoms with Crippen LogP contribution in [0.4, 0.5) is 16.0 Å². The molecule has 2 aromatic carbocycles. The van der Waals surface area contributed by atoms with Crippen LogP contribution in [0.15, 0.2) is 66.9 Å². The third kappa shape index (κ3) is 4.76. The van der Waals surface area contributed by atoms with Crippen LogP contribution in [0, 0.1) is 5.82 Å². The van der Waals surface area contributed by atoms with Crippen LogP contribution in [0.1, 0.15) is 11.1 Å². The van der Waals surface area contributed by atoms with Crippen LogP contribution in [0.5, 0.6) is 0 Å². The van der Waals surface area contributed by atoms with Gasteiger partial charge < -0.3 is 15.6 Å². The summed E-state index contributed by atoms with van der Waals surface area (Å²) in [5.41, 5.74) is 3.10. The smallest absolute Gasteiger partial charge is 0.229 e. The van der Waals surface area contributed by atoms with E-state index in [-0.39, 0.29) is 18.1 Å². The van der Waals surface area contributed by atoms with Crippen molar-refractivity contribution >= 4 is 28.4 Å². The van der Waals surface area contributed by atoms with E-state index in [9.17, 15) is 9.18 Å². The predicted molar refractivity (Wildman–Crippen MR) is 111 cm³/mol. The molecule has 1 amide bonds. The summed E-state index contributed by atoms with van der Waals surface area (Å²) in [7, 11) is 0. The van der Waals surface area contributed by atoms with Gasteiger partial charge in [-0.25, -0.2) is 4.39 Å². The molecular formula is C22H20FN5O. The number of carbonyl (C=O) groups is 1. The fourth-order valence-electron chi connectivity index (χ4n) is 3.13. The Hall–Kier alpha value is -3.74. The average Bonchev–Trinajstić information content (AvgIpc) is 3.14. The number of rotatable bonds is 7. The molecule has 0 atom stereocenters. The van der Waals surface area contributed by atoms with Crippen LogP contribution >= 0.6 is 0 Å². The predicted octanol–water partition coefficient (Wildman–Crippen LogP) is 3.93. The molecule has 0 aliphatic carbocycles. The van der Waals surface area contributed by atoms with Crippen LogP contribution in [0.2, 0.25) is 0 Å². The van der Waals surface area contributed by atoms with E-state index >= 15 is 0 Å². The molecule has 0 saturated carbocycles. The fraction of sp³-hybridized carbons (Fsp3) is 0.136. The van der Waals surface area contributed by atoms with Crippen molar-refractivity contribution < 1.29 is 9.18 Å². The van der Waals surface area contributed by atoms with Gasteiger partial charge in [-0.3, -0.25) is 4.79 Å². The minimum absolute atomic E-state index is 0.145. The molecule has 29 heavy (non-hydrogen) atoms. The van der Waals surface area contributed by atoms with Crippen molar-refractivity contribution in [3.63, 3.8) is 0 Å². The highest BCUT2D eigenvalue weighted by Gasteiger charge is 2.07. The molecule has 4 aromatic rings. The van der Waals surface area contributed by atoms with Crippen LogP contribution in [0.25, 0.3) is 10.9 Å². The summed E-state index contributed by atoms with van der Waals surface area (Å²) in [6.45, 7) is 0.715. The number of benzene rings is 2. The second-order valence-electron chi connectivity index (χ2n) is 6.69. The summed E-state index contributed by atoms with van der Waals surface area (Å²) in [6.07, 6.45) is 3.02. The van der Waals surface area contributed by atoms with E-state index in [2.05, 4.69) is 37.9 Å². The minimum atomic E-state index is -0.326. The van der Waals surface area contributed by atoms with Gasteiger partial charge in [0.2, 0.25) is 5.91 Å². The number of H-pyrrole nitrogens is 1. The molecule has 0 spiro atoms. The van der Waals surface area contributed by atoms with Crippen molar-refractivity contribution in [2.75, 3.05) is 17.2 Å². The number of hydrogen-bond donors (Lipinski definition) is 3. The number of amides is 1. The summed E-state index contributed by atoms with van der Waals surface area (Å²) < 4.78 is 12.9. The molecule has 0 bridgehead atoms. The number of hydrogen-bond acceptors (Lipinski definition) is 4. The number of halogens is 1. The lowest BCUT2D eigenvalue weighted by Gasteiger charge is -2.07. The van der Waals surface area contributed by atoms with Crippen molar-refractivity contribution in [2.45, 2.75) is 12.8 Å². The number of nitrogens with zero attached hydrogens (tertiary/aromatic N) is 2. The first-order chi connectivity index (χ1) is 14.2. The number of anilines is 2. The normalized spacial score (nSPS) is 10.8. The molecule has 0 radical (unpaired) electrons. The highest BCUT2D eigenvalue weighted by atomic mass is 19.1. The van der Waals surface area contributed by atoms with Gasteiger partial charge in [0, 0.05) is 23.6 Å². The topological polar surface area (TPSA) is 82.7 Å². The Kier molecular flexibility index (Phi) is 5.47. The molecule has 2 aromatic heterocycles. The van der Waals surface area contributed by atoms with Gasteiger partial charge in [-0.05, 0) is 47.9 Å². The number of aromatic nitrogens is 3. The van der Waals surface area contributed by atoms with Crippen molar-refractivity contribution in [1.82, 2.24) is 15.2 Å². The number of nitrogens with one attached hydrogen (secondary N) is 3. The molecular weight excluding hydrogens is 369 g/mol. The third-order valence-corrected chi connectivity index (χ3v) is 4.59. The minimum Gasteiger partial charge on any atom is -0.368 e. The average molecular weight is 389 g/mol. The zero-order chi connectivity index (χ0) is 20.1. The van der Waals surface area contributed by atoms with E-state index in [1.807, 2.05) is 18.3 Å². The van der Waals surface area contributed by atoms with Gasteiger partial charge in [0.05, 0.1) is 6.42 Å². The molecule has 4 rings (SSSR count). The maximum absolute atomic E-state index is 12.9. The largest absolute Gasteiger partial charge is 0.368 e. The highest BCUT2D eigenvalue weighted by molar-refractivity contribution is 5.91. The Balaban J connectivity index is 1.27. The van der Waals surface area contributed by atoms with Crippen molar-refractivity contribution in [2.24, 2.45) is 0 Å². The van der Waals surface area contributed by atoms with Crippen LogP contribution in [-0.2, 0) is 17.6 Å². The summed E-state index contributed by atoms with van der Waals surface area (Å²) in [4.78, 5) is 15.3. The van der Waals surface area contributed by atoms with E-state index in [1.165, 1.54) is 23.1 Å². The Morgan fingerprint density at radius 3 is 2.52 bits per heavy atom. The zero-order valence-electron chi connectivity index (χ0n) is 15.7. The first-order valence-corrected chi connectivity index (χ1v) is 9.34. The van der Waals surface area contributed by atoms with E-state index in [4.69, 9.17) is 0 Å². The van der Waals surface area contributed by atoms with E-state index in [0.29, 0.717) is 18.2 Å². The Labute approximate surface area is 167 Å². The maximum atomic E-state index is 12.9. The second kappa shape index (κ2) is 8.52. The molecule has 0 aliphatic heterocycles. The Morgan fingerprint density at radius 2 is 1.72 bits per heavy atom. The summed E-state index contributed by atoms with van der Waals surface area (Å²) in [5.74, 6) is 0.458. The maximum Gasteiger partial charge on any atom is 0.229 e. The van der Waals surface area contributed by atoms with Gasteiger partial charge in [-0.1, -0.05) is 30.3 Å². The van der Waals surface area contributed by atoms with Gasteiger partial charge in [0.25, 0.3) is 0 Å². The molecule has 0 unspecified atom stereocenters. The molecule has 0 fully saturated rings.